The van der Waals surface area contributed by atoms with Crippen LogP contribution in [-0.2, 0) is 11.3 Å². The molecule has 8 nitrogen and oxygen atoms in total. The quantitative estimate of drug-likeness (QED) is 0.470. The Bertz CT molecular complexity index is 1330. The number of hydrogen-bond donors (Lipinski definition) is 1. The normalized spacial score (nSPS) is 11.8. The predicted octanol–water partition coefficient (Wildman–Crippen LogP) is 2.57. The van der Waals surface area contributed by atoms with E-state index >= 15 is 0 Å². The van der Waals surface area contributed by atoms with Crippen molar-refractivity contribution in [2.45, 2.75) is 19.5 Å². The second kappa shape index (κ2) is 9.52. The van der Waals surface area contributed by atoms with Gasteiger partial charge in [-0.05, 0) is 24.4 Å². The average Bonchev–Trinajstić information content (AvgIpc) is 3.35. The van der Waals surface area contributed by atoms with Crippen LogP contribution in [-0.4, -0.2) is 31.8 Å². The number of rotatable bonds is 7. The van der Waals surface area contributed by atoms with Crippen LogP contribution < -0.4 is 16.4 Å². The number of aromatic nitrogens is 4. The number of carbonyl (C=O) groups is 1. The number of amides is 1. The van der Waals surface area contributed by atoms with E-state index in [0.29, 0.717) is 11.4 Å². The van der Waals surface area contributed by atoms with Gasteiger partial charge in [-0.2, -0.15) is 5.10 Å². The van der Waals surface area contributed by atoms with Gasteiger partial charge in [0.2, 0.25) is 5.91 Å². The van der Waals surface area contributed by atoms with E-state index in [1.807, 2.05) is 47.8 Å². The number of benzene rings is 1. The Morgan fingerprint density at radius 3 is 2.56 bits per heavy atom. The topological polar surface area (TPSA) is 98.9 Å². The Labute approximate surface area is 187 Å². The molecule has 0 aliphatic rings. The van der Waals surface area contributed by atoms with Crippen LogP contribution in [0, 0.1) is 0 Å². The van der Waals surface area contributed by atoms with Gasteiger partial charge in [0.05, 0.1) is 16.9 Å². The van der Waals surface area contributed by atoms with Gasteiger partial charge < -0.3 is 5.32 Å². The van der Waals surface area contributed by atoms with Crippen LogP contribution in [0.3, 0.4) is 0 Å². The van der Waals surface area contributed by atoms with Gasteiger partial charge in [-0.1, -0.05) is 36.4 Å². The van der Waals surface area contributed by atoms with Crippen LogP contribution in [0.4, 0.5) is 0 Å². The van der Waals surface area contributed by atoms with E-state index in [0.717, 1.165) is 10.4 Å². The molecule has 32 heavy (non-hydrogen) atoms. The Kier molecular flexibility index (Phi) is 6.37. The summed E-state index contributed by atoms with van der Waals surface area (Å²) in [6, 6.07) is 17.0. The van der Waals surface area contributed by atoms with Crippen molar-refractivity contribution in [3.8, 4) is 21.8 Å². The highest BCUT2D eigenvalue weighted by Crippen LogP contribution is 2.21. The molecular weight excluding hydrogens is 426 g/mol. The first-order valence-corrected chi connectivity index (χ1v) is 10.9. The zero-order valence-electron chi connectivity index (χ0n) is 17.3. The van der Waals surface area contributed by atoms with Gasteiger partial charge in [-0.15, -0.1) is 11.3 Å². The van der Waals surface area contributed by atoms with E-state index in [4.69, 9.17) is 0 Å². The first-order valence-electron chi connectivity index (χ1n) is 10.1. The molecule has 9 heteroatoms. The van der Waals surface area contributed by atoms with Crippen molar-refractivity contribution in [3.63, 3.8) is 0 Å². The van der Waals surface area contributed by atoms with Gasteiger partial charge in [0.25, 0.3) is 11.1 Å². The Balaban J connectivity index is 1.40. The first-order chi connectivity index (χ1) is 15.5. The molecule has 1 aromatic carbocycles. The van der Waals surface area contributed by atoms with Crippen molar-refractivity contribution in [2.24, 2.45) is 0 Å². The van der Waals surface area contributed by atoms with Crippen LogP contribution in [0.15, 0.2) is 82.0 Å². The lowest BCUT2D eigenvalue weighted by atomic mass is 10.1. The van der Waals surface area contributed by atoms with Crippen LogP contribution in [0.1, 0.15) is 13.0 Å². The lowest BCUT2D eigenvalue weighted by Gasteiger charge is -2.15. The number of thiophene rings is 1. The molecule has 3 heterocycles. The molecule has 0 saturated heterocycles. The summed E-state index contributed by atoms with van der Waals surface area (Å²) in [5.41, 5.74) is 1.53. The first kappa shape index (κ1) is 21.4. The van der Waals surface area contributed by atoms with Crippen LogP contribution in [0.2, 0.25) is 0 Å². The molecule has 0 bridgehead atoms. The predicted molar refractivity (Wildman–Crippen MR) is 123 cm³/mol. The highest BCUT2D eigenvalue weighted by molar-refractivity contribution is 7.13. The molecule has 1 amide bonds. The minimum atomic E-state index is -0.794. The Morgan fingerprint density at radius 2 is 1.84 bits per heavy atom. The summed E-state index contributed by atoms with van der Waals surface area (Å²) >= 11 is 1.51. The molecule has 1 N–H and O–H groups in total. The largest absolute Gasteiger partial charge is 0.352 e. The lowest BCUT2D eigenvalue weighted by Crippen LogP contribution is -2.38. The molecular formula is C23H21N5O3S. The van der Waals surface area contributed by atoms with Crippen molar-refractivity contribution >= 4 is 17.2 Å². The third-order valence-electron chi connectivity index (χ3n) is 4.95. The fourth-order valence-electron chi connectivity index (χ4n) is 3.18. The lowest BCUT2D eigenvalue weighted by molar-refractivity contribution is -0.124. The summed E-state index contributed by atoms with van der Waals surface area (Å²) in [5.74, 6) is -0.357. The fraction of sp³-hybridized carbons (Fsp3) is 0.174. The maximum atomic E-state index is 12.6. The SMILES string of the molecule is CC(C(=O)NCCn1cnc(-c2ccccc2)cc1=O)n1nc(-c2cccs2)ccc1=O. The third-order valence-corrected chi connectivity index (χ3v) is 5.84. The smallest absolute Gasteiger partial charge is 0.267 e. The molecule has 0 radical (unpaired) electrons. The second-order valence-electron chi connectivity index (χ2n) is 7.12. The number of hydrogen-bond acceptors (Lipinski definition) is 6. The van der Waals surface area contributed by atoms with Gasteiger partial charge in [0.1, 0.15) is 11.7 Å². The monoisotopic (exact) mass is 447 g/mol. The van der Waals surface area contributed by atoms with E-state index in [1.54, 1.807) is 13.0 Å². The number of nitrogens with one attached hydrogen (secondary N) is 1. The van der Waals surface area contributed by atoms with Crippen molar-refractivity contribution in [1.82, 2.24) is 24.6 Å². The van der Waals surface area contributed by atoms with E-state index < -0.39 is 6.04 Å². The second-order valence-corrected chi connectivity index (χ2v) is 8.07. The highest BCUT2D eigenvalue weighted by atomic mass is 32.1. The molecule has 3 aromatic heterocycles. The van der Waals surface area contributed by atoms with Crippen LogP contribution >= 0.6 is 11.3 Å². The van der Waals surface area contributed by atoms with Gasteiger partial charge in [0, 0.05) is 30.8 Å². The molecule has 0 fully saturated rings. The maximum Gasteiger partial charge on any atom is 0.267 e. The Morgan fingerprint density at radius 1 is 1.03 bits per heavy atom. The van der Waals surface area contributed by atoms with Crippen molar-refractivity contribution < 1.29 is 4.79 Å². The van der Waals surface area contributed by atoms with Crippen molar-refractivity contribution in [3.05, 3.63) is 93.1 Å². The molecule has 1 unspecified atom stereocenters. The summed E-state index contributed by atoms with van der Waals surface area (Å²) in [5, 5.41) is 9.03. The highest BCUT2D eigenvalue weighted by Gasteiger charge is 2.18. The minimum Gasteiger partial charge on any atom is -0.352 e. The molecule has 0 spiro atoms. The van der Waals surface area contributed by atoms with Gasteiger partial charge in [0.15, 0.2) is 0 Å². The van der Waals surface area contributed by atoms with Gasteiger partial charge in [-0.25, -0.2) is 9.67 Å². The fourth-order valence-corrected chi connectivity index (χ4v) is 3.87. The summed E-state index contributed by atoms with van der Waals surface area (Å²) in [6.07, 6.45) is 1.47. The maximum absolute atomic E-state index is 12.6. The molecule has 0 aliphatic carbocycles. The summed E-state index contributed by atoms with van der Waals surface area (Å²) in [6.45, 7) is 2.09. The summed E-state index contributed by atoms with van der Waals surface area (Å²) < 4.78 is 2.60. The summed E-state index contributed by atoms with van der Waals surface area (Å²) in [7, 11) is 0. The standard InChI is InChI=1S/C23H21N5O3S/c1-16(28-21(29)10-9-18(26-28)20-8-5-13-32-20)23(31)24-11-12-27-15-25-19(14-22(27)30)17-6-3-2-4-7-17/h2-10,13-16H,11-12H2,1H3,(H,24,31). The molecule has 0 aliphatic heterocycles. The number of nitrogens with zero attached hydrogens (tertiary/aromatic N) is 4. The van der Waals surface area contributed by atoms with E-state index in [1.165, 1.54) is 39.0 Å². The minimum absolute atomic E-state index is 0.206. The van der Waals surface area contributed by atoms with Crippen LogP contribution in [0.25, 0.3) is 21.8 Å². The zero-order chi connectivity index (χ0) is 22.5. The van der Waals surface area contributed by atoms with Gasteiger partial charge >= 0.3 is 0 Å². The van der Waals surface area contributed by atoms with Gasteiger partial charge in [-0.3, -0.25) is 19.0 Å². The molecule has 4 aromatic rings. The summed E-state index contributed by atoms with van der Waals surface area (Å²) in [4.78, 5) is 42.5. The van der Waals surface area contributed by atoms with E-state index in [2.05, 4.69) is 15.4 Å². The van der Waals surface area contributed by atoms with Crippen molar-refractivity contribution in [1.29, 1.82) is 0 Å². The zero-order valence-corrected chi connectivity index (χ0v) is 18.2. The molecule has 1 atom stereocenters. The van der Waals surface area contributed by atoms with Crippen LogP contribution in [0.5, 0.6) is 0 Å². The average molecular weight is 448 g/mol. The third kappa shape index (κ3) is 4.73. The Hall–Kier alpha value is -3.85. The number of carbonyl (C=O) groups excluding carboxylic acids is 1. The van der Waals surface area contributed by atoms with Crippen molar-refractivity contribution in [2.75, 3.05) is 6.54 Å². The molecule has 4 rings (SSSR count). The molecule has 162 valence electrons. The molecule has 0 saturated carbocycles. The van der Waals surface area contributed by atoms with E-state index in [-0.39, 0.29) is 30.1 Å². The van der Waals surface area contributed by atoms with E-state index in [9.17, 15) is 14.4 Å².